The van der Waals surface area contributed by atoms with Gasteiger partial charge in [-0.25, -0.2) is 0 Å². The van der Waals surface area contributed by atoms with Gasteiger partial charge in [0, 0.05) is 38.3 Å². The SMILES string of the molecule is c1ccc(-c2cc(-c3ccccc3)cc(N(c3ccc4oc5ccccc5c4c3)c3cccc4c3oc3c5ccccc5ccc43)c2)cc1. The van der Waals surface area contributed by atoms with E-state index in [4.69, 9.17) is 8.83 Å². The molecule has 0 N–H and O–H groups in total. The normalized spacial score (nSPS) is 11.7. The second kappa shape index (κ2) is 11.0. The summed E-state index contributed by atoms with van der Waals surface area (Å²) in [5.74, 6) is 0. The Balaban J connectivity index is 1.29. The van der Waals surface area contributed by atoms with Crippen LogP contribution in [-0.2, 0) is 0 Å². The summed E-state index contributed by atoms with van der Waals surface area (Å²) in [6.45, 7) is 0. The molecule has 49 heavy (non-hydrogen) atoms. The molecule has 0 spiro atoms. The molecule has 0 radical (unpaired) electrons. The van der Waals surface area contributed by atoms with Gasteiger partial charge in [0.05, 0.1) is 5.69 Å². The molecule has 2 aromatic heterocycles. The van der Waals surface area contributed by atoms with E-state index in [-0.39, 0.29) is 0 Å². The Hall–Kier alpha value is -6.58. The smallest absolute Gasteiger partial charge is 0.159 e. The van der Waals surface area contributed by atoms with Gasteiger partial charge in [-0.1, -0.05) is 121 Å². The van der Waals surface area contributed by atoms with E-state index < -0.39 is 0 Å². The van der Waals surface area contributed by atoms with Crippen LogP contribution in [-0.4, -0.2) is 0 Å². The fourth-order valence-corrected chi connectivity index (χ4v) is 7.30. The second-order valence-corrected chi connectivity index (χ2v) is 12.5. The number of anilines is 3. The van der Waals surface area contributed by atoms with Crippen molar-refractivity contribution in [1.29, 1.82) is 0 Å². The van der Waals surface area contributed by atoms with Crippen LogP contribution in [0.3, 0.4) is 0 Å². The van der Waals surface area contributed by atoms with Gasteiger partial charge in [0.15, 0.2) is 5.58 Å². The van der Waals surface area contributed by atoms with Crippen molar-refractivity contribution in [2.45, 2.75) is 0 Å². The van der Waals surface area contributed by atoms with E-state index in [0.29, 0.717) is 0 Å². The quantitative estimate of drug-likeness (QED) is 0.190. The number of fused-ring (bicyclic) bond motifs is 8. The Bertz CT molecular complexity index is 2770. The zero-order valence-electron chi connectivity index (χ0n) is 26.5. The maximum absolute atomic E-state index is 6.93. The van der Waals surface area contributed by atoms with Gasteiger partial charge in [0.25, 0.3) is 0 Å². The Morgan fingerprint density at radius 3 is 1.73 bits per heavy atom. The number of hydrogen-bond acceptors (Lipinski definition) is 3. The first-order valence-corrected chi connectivity index (χ1v) is 16.6. The lowest BCUT2D eigenvalue weighted by Gasteiger charge is -2.27. The number of hydrogen-bond donors (Lipinski definition) is 0. The summed E-state index contributed by atoms with van der Waals surface area (Å²) >= 11 is 0. The Labute approximate surface area is 282 Å². The number of para-hydroxylation sites is 2. The van der Waals surface area contributed by atoms with Crippen LogP contribution >= 0.6 is 0 Å². The summed E-state index contributed by atoms with van der Waals surface area (Å²) in [4.78, 5) is 2.34. The van der Waals surface area contributed by atoms with Gasteiger partial charge >= 0.3 is 0 Å². The molecular weight excluding hydrogens is 599 g/mol. The monoisotopic (exact) mass is 627 g/mol. The molecule has 0 unspecified atom stereocenters. The lowest BCUT2D eigenvalue weighted by atomic mass is 9.97. The van der Waals surface area contributed by atoms with Crippen molar-refractivity contribution in [2.24, 2.45) is 0 Å². The van der Waals surface area contributed by atoms with Crippen molar-refractivity contribution in [3.8, 4) is 22.3 Å². The summed E-state index contributed by atoms with van der Waals surface area (Å²) in [6, 6.07) is 62.1. The van der Waals surface area contributed by atoms with Gasteiger partial charge in [0.1, 0.15) is 16.7 Å². The minimum absolute atomic E-state index is 0.845. The minimum Gasteiger partial charge on any atom is -0.456 e. The van der Waals surface area contributed by atoms with Crippen LogP contribution in [0.4, 0.5) is 17.1 Å². The Morgan fingerprint density at radius 2 is 0.959 bits per heavy atom. The highest BCUT2D eigenvalue weighted by Crippen LogP contribution is 2.46. The second-order valence-electron chi connectivity index (χ2n) is 12.5. The molecule has 3 nitrogen and oxygen atoms in total. The molecule has 10 aromatic rings. The van der Waals surface area contributed by atoms with Crippen LogP contribution in [0.1, 0.15) is 0 Å². The summed E-state index contributed by atoms with van der Waals surface area (Å²) in [5.41, 5.74) is 11.1. The molecule has 0 aliphatic carbocycles. The Morgan fingerprint density at radius 1 is 0.327 bits per heavy atom. The molecule has 230 valence electrons. The van der Waals surface area contributed by atoms with Crippen molar-refractivity contribution in [3.63, 3.8) is 0 Å². The van der Waals surface area contributed by atoms with Gasteiger partial charge in [-0.05, 0) is 82.2 Å². The largest absolute Gasteiger partial charge is 0.456 e. The third kappa shape index (κ3) is 4.51. The number of benzene rings is 8. The molecule has 0 saturated heterocycles. The predicted octanol–water partition coefficient (Wildman–Crippen LogP) is 13.4. The molecule has 3 heteroatoms. The molecule has 0 aliphatic rings. The van der Waals surface area contributed by atoms with E-state index in [1.54, 1.807) is 0 Å². The van der Waals surface area contributed by atoms with Crippen molar-refractivity contribution in [2.75, 3.05) is 4.90 Å². The summed E-state index contributed by atoms with van der Waals surface area (Å²) in [7, 11) is 0. The standard InChI is InChI=1S/C46H29NO2/c1-3-12-30(13-4-1)33-26-34(31-14-5-2-6-15-31)28-36(27-33)47(35-23-25-44-41(29-35)38-18-9-10-21-43(38)48-44)42-20-11-19-39-40-24-22-32-16-7-8-17-37(32)45(40)49-46(39)42/h1-29H. The molecule has 0 bridgehead atoms. The van der Waals surface area contributed by atoms with Crippen LogP contribution in [0, 0.1) is 0 Å². The number of nitrogens with zero attached hydrogens (tertiary/aromatic N) is 1. The zero-order chi connectivity index (χ0) is 32.3. The van der Waals surface area contributed by atoms with Crippen LogP contribution in [0.25, 0.3) is 76.9 Å². The fourth-order valence-electron chi connectivity index (χ4n) is 7.30. The van der Waals surface area contributed by atoms with Crippen LogP contribution in [0.5, 0.6) is 0 Å². The average molecular weight is 628 g/mol. The molecule has 0 aliphatic heterocycles. The lowest BCUT2D eigenvalue weighted by Crippen LogP contribution is -2.10. The molecule has 8 aromatic carbocycles. The summed E-state index contributed by atoms with van der Waals surface area (Å²) in [6.07, 6.45) is 0. The molecule has 2 heterocycles. The van der Waals surface area contributed by atoms with E-state index in [1.165, 1.54) is 0 Å². The summed E-state index contributed by atoms with van der Waals surface area (Å²) < 4.78 is 13.2. The molecule has 10 rings (SSSR count). The highest BCUT2D eigenvalue weighted by Gasteiger charge is 2.22. The molecule has 0 atom stereocenters. The zero-order valence-corrected chi connectivity index (χ0v) is 26.5. The predicted molar refractivity (Wildman–Crippen MR) is 204 cm³/mol. The fraction of sp³-hybridized carbons (Fsp3) is 0. The first-order chi connectivity index (χ1) is 24.3. The van der Waals surface area contributed by atoms with Crippen LogP contribution in [0.15, 0.2) is 185 Å². The maximum Gasteiger partial charge on any atom is 0.159 e. The van der Waals surface area contributed by atoms with E-state index in [0.717, 1.165) is 94.0 Å². The van der Waals surface area contributed by atoms with Crippen LogP contribution < -0.4 is 4.90 Å². The molecule has 0 fully saturated rings. The average Bonchev–Trinajstić information content (AvgIpc) is 3.75. The first-order valence-electron chi connectivity index (χ1n) is 16.6. The molecular formula is C46H29NO2. The number of furan rings is 2. The van der Waals surface area contributed by atoms with Crippen LogP contribution in [0.2, 0.25) is 0 Å². The topological polar surface area (TPSA) is 29.5 Å². The van der Waals surface area contributed by atoms with E-state index >= 15 is 0 Å². The van der Waals surface area contributed by atoms with E-state index in [9.17, 15) is 0 Å². The van der Waals surface area contributed by atoms with Crippen molar-refractivity contribution in [3.05, 3.63) is 176 Å². The molecule has 0 saturated carbocycles. The van der Waals surface area contributed by atoms with Gasteiger partial charge in [-0.15, -0.1) is 0 Å². The van der Waals surface area contributed by atoms with Gasteiger partial charge in [-0.3, -0.25) is 0 Å². The maximum atomic E-state index is 6.93. The number of rotatable bonds is 5. The van der Waals surface area contributed by atoms with Gasteiger partial charge in [0.2, 0.25) is 0 Å². The third-order valence-corrected chi connectivity index (χ3v) is 9.62. The summed E-state index contributed by atoms with van der Waals surface area (Å²) in [5, 5.41) is 6.62. The van der Waals surface area contributed by atoms with Crippen molar-refractivity contribution < 1.29 is 8.83 Å². The van der Waals surface area contributed by atoms with Gasteiger partial charge in [-0.2, -0.15) is 0 Å². The Kier molecular flexibility index (Phi) is 6.18. The lowest BCUT2D eigenvalue weighted by molar-refractivity contribution is 0.669. The van der Waals surface area contributed by atoms with Gasteiger partial charge < -0.3 is 13.7 Å². The molecule has 0 amide bonds. The van der Waals surface area contributed by atoms with Crippen molar-refractivity contribution >= 4 is 71.7 Å². The first kappa shape index (κ1) is 27.5. The highest BCUT2D eigenvalue weighted by molar-refractivity contribution is 6.18. The highest BCUT2D eigenvalue weighted by atomic mass is 16.3. The van der Waals surface area contributed by atoms with Crippen molar-refractivity contribution in [1.82, 2.24) is 0 Å². The third-order valence-electron chi connectivity index (χ3n) is 9.62. The van der Waals surface area contributed by atoms with E-state index in [1.807, 2.05) is 12.1 Å². The van der Waals surface area contributed by atoms with E-state index in [2.05, 4.69) is 169 Å². The minimum atomic E-state index is 0.845.